The number of rotatable bonds is 9. The number of carbonyl (C=O) groups is 1. The molecule has 0 bridgehead atoms. The van der Waals surface area contributed by atoms with E-state index in [4.69, 9.17) is 11.6 Å². The Kier molecular flexibility index (Phi) is 7.94. The van der Waals surface area contributed by atoms with Gasteiger partial charge in [-0.05, 0) is 68.7 Å². The van der Waals surface area contributed by atoms with Crippen LogP contribution in [0.2, 0.25) is 5.02 Å². The number of aryl methyl sites for hydroxylation is 3. The molecule has 168 valence electrons. The van der Waals surface area contributed by atoms with Crippen LogP contribution >= 0.6 is 11.6 Å². The second-order valence-electron chi connectivity index (χ2n) is 7.74. The number of carbonyl (C=O) groups excluding carboxylic acids is 1. The van der Waals surface area contributed by atoms with Crippen molar-refractivity contribution in [2.75, 3.05) is 17.4 Å². The molecular formula is C25H27ClN2O3S. The summed E-state index contributed by atoms with van der Waals surface area (Å²) >= 11 is 5.97. The van der Waals surface area contributed by atoms with Gasteiger partial charge in [-0.1, -0.05) is 59.1 Å². The monoisotopic (exact) mass is 470 g/mol. The predicted molar refractivity (Wildman–Crippen MR) is 130 cm³/mol. The van der Waals surface area contributed by atoms with E-state index >= 15 is 0 Å². The number of amides is 1. The minimum Gasteiger partial charge on any atom is -0.355 e. The molecule has 7 heteroatoms. The molecule has 0 aliphatic rings. The molecule has 32 heavy (non-hydrogen) atoms. The fourth-order valence-electron chi connectivity index (χ4n) is 3.33. The topological polar surface area (TPSA) is 66.5 Å². The molecule has 3 aromatic rings. The van der Waals surface area contributed by atoms with E-state index in [-0.39, 0.29) is 17.3 Å². The second-order valence-corrected chi connectivity index (χ2v) is 10.0. The van der Waals surface area contributed by atoms with Crippen LogP contribution in [0.1, 0.15) is 23.1 Å². The molecule has 1 amide bonds. The van der Waals surface area contributed by atoms with E-state index in [0.717, 1.165) is 22.7 Å². The zero-order chi connectivity index (χ0) is 23.1. The van der Waals surface area contributed by atoms with Gasteiger partial charge in [-0.2, -0.15) is 0 Å². The Morgan fingerprint density at radius 3 is 2.28 bits per heavy atom. The number of nitrogens with one attached hydrogen (secondary N) is 1. The molecule has 0 fully saturated rings. The number of hydrogen-bond acceptors (Lipinski definition) is 3. The van der Waals surface area contributed by atoms with Crippen molar-refractivity contribution >= 4 is 33.2 Å². The van der Waals surface area contributed by atoms with Crippen molar-refractivity contribution in [1.29, 1.82) is 0 Å². The summed E-state index contributed by atoms with van der Waals surface area (Å²) in [5, 5.41) is 3.33. The maximum atomic E-state index is 13.3. The van der Waals surface area contributed by atoms with E-state index in [1.165, 1.54) is 11.1 Å². The van der Waals surface area contributed by atoms with E-state index in [0.29, 0.717) is 17.3 Å². The van der Waals surface area contributed by atoms with Gasteiger partial charge in [0.2, 0.25) is 5.91 Å². The fraction of sp³-hybridized carbons (Fsp3) is 0.240. The SMILES string of the molecule is Cc1ccc(S(=O)(=O)N(CC(=O)NCCCc2cccc(C)c2)c2ccc(Cl)cc2)cc1. The highest BCUT2D eigenvalue weighted by atomic mass is 35.5. The van der Waals surface area contributed by atoms with Gasteiger partial charge in [0, 0.05) is 11.6 Å². The number of benzene rings is 3. The first-order valence-electron chi connectivity index (χ1n) is 10.4. The van der Waals surface area contributed by atoms with E-state index in [2.05, 4.69) is 17.4 Å². The maximum Gasteiger partial charge on any atom is 0.264 e. The summed E-state index contributed by atoms with van der Waals surface area (Å²) in [5.41, 5.74) is 3.74. The number of nitrogens with zero attached hydrogens (tertiary/aromatic N) is 1. The van der Waals surface area contributed by atoms with Gasteiger partial charge in [0.1, 0.15) is 6.54 Å². The van der Waals surface area contributed by atoms with E-state index in [1.54, 1.807) is 48.5 Å². The van der Waals surface area contributed by atoms with Gasteiger partial charge in [-0.3, -0.25) is 9.10 Å². The van der Waals surface area contributed by atoms with Gasteiger partial charge in [0.05, 0.1) is 10.6 Å². The Hall–Kier alpha value is -2.83. The van der Waals surface area contributed by atoms with Crippen LogP contribution in [0.5, 0.6) is 0 Å². The van der Waals surface area contributed by atoms with Crippen molar-refractivity contribution in [2.24, 2.45) is 0 Å². The zero-order valence-corrected chi connectivity index (χ0v) is 19.8. The van der Waals surface area contributed by atoms with Gasteiger partial charge >= 0.3 is 0 Å². The quantitative estimate of drug-likeness (QED) is 0.452. The molecule has 0 atom stereocenters. The lowest BCUT2D eigenvalue weighted by Gasteiger charge is -2.24. The molecule has 0 radical (unpaired) electrons. The molecule has 0 unspecified atom stereocenters. The van der Waals surface area contributed by atoms with Gasteiger partial charge in [-0.25, -0.2) is 8.42 Å². The van der Waals surface area contributed by atoms with Gasteiger partial charge in [0.25, 0.3) is 10.0 Å². The van der Waals surface area contributed by atoms with Crippen LogP contribution in [-0.4, -0.2) is 27.4 Å². The minimum atomic E-state index is -3.93. The third-order valence-corrected chi connectivity index (χ3v) is 7.10. The summed E-state index contributed by atoms with van der Waals surface area (Å²) in [6.07, 6.45) is 1.60. The smallest absolute Gasteiger partial charge is 0.264 e. The summed E-state index contributed by atoms with van der Waals surface area (Å²) in [4.78, 5) is 12.8. The summed E-state index contributed by atoms with van der Waals surface area (Å²) < 4.78 is 27.8. The van der Waals surface area contributed by atoms with Crippen molar-refractivity contribution in [1.82, 2.24) is 5.32 Å². The van der Waals surface area contributed by atoms with E-state index in [1.807, 2.05) is 26.0 Å². The first kappa shape index (κ1) is 23.8. The molecule has 0 heterocycles. The van der Waals surface area contributed by atoms with Crippen LogP contribution in [0.3, 0.4) is 0 Å². The molecular weight excluding hydrogens is 444 g/mol. The number of halogens is 1. The van der Waals surface area contributed by atoms with E-state index < -0.39 is 10.0 Å². The Balaban J connectivity index is 1.70. The highest BCUT2D eigenvalue weighted by Gasteiger charge is 2.27. The van der Waals surface area contributed by atoms with Crippen LogP contribution in [-0.2, 0) is 21.2 Å². The molecule has 3 aromatic carbocycles. The molecule has 0 saturated heterocycles. The largest absolute Gasteiger partial charge is 0.355 e. The molecule has 0 saturated carbocycles. The fourth-order valence-corrected chi connectivity index (χ4v) is 4.88. The normalized spacial score (nSPS) is 11.2. The molecule has 0 aliphatic heterocycles. The summed E-state index contributed by atoms with van der Waals surface area (Å²) in [6, 6.07) is 21.2. The van der Waals surface area contributed by atoms with Crippen LogP contribution in [0.15, 0.2) is 77.7 Å². The van der Waals surface area contributed by atoms with Crippen LogP contribution in [0, 0.1) is 13.8 Å². The highest BCUT2D eigenvalue weighted by Crippen LogP contribution is 2.25. The Morgan fingerprint density at radius 2 is 1.62 bits per heavy atom. The summed E-state index contributed by atoms with van der Waals surface area (Å²) in [7, 11) is -3.93. The minimum absolute atomic E-state index is 0.130. The number of sulfonamides is 1. The average Bonchev–Trinajstić information content (AvgIpc) is 2.76. The molecule has 0 spiro atoms. The van der Waals surface area contributed by atoms with Crippen molar-refractivity contribution < 1.29 is 13.2 Å². The molecule has 5 nitrogen and oxygen atoms in total. The average molecular weight is 471 g/mol. The summed E-state index contributed by atoms with van der Waals surface area (Å²) in [6.45, 7) is 4.08. The zero-order valence-electron chi connectivity index (χ0n) is 18.2. The Labute approximate surface area is 195 Å². The van der Waals surface area contributed by atoms with Gasteiger partial charge in [0.15, 0.2) is 0 Å². The van der Waals surface area contributed by atoms with Crippen molar-refractivity contribution in [2.45, 2.75) is 31.6 Å². The Bertz CT molecular complexity index is 1160. The lowest BCUT2D eigenvalue weighted by Crippen LogP contribution is -2.41. The molecule has 0 aromatic heterocycles. The van der Waals surface area contributed by atoms with Gasteiger partial charge in [-0.15, -0.1) is 0 Å². The van der Waals surface area contributed by atoms with E-state index in [9.17, 15) is 13.2 Å². The van der Waals surface area contributed by atoms with Crippen molar-refractivity contribution in [3.8, 4) is 0 Å². The lowest BCUT2D eigenvalue weighted by molar-refractivity contribution is -0.119. The third kappa shape index (κ3) is 6.34. The van der Waals surface area contributed by atoms with Crippen LogP contribution in [0.25, 0.3) is 0 Å². The number of anilines is 1. The third-order valence-electron chi connectivity index (χ3n) is 5.06. The van der Waals surface area contributed by atoms with Crippen LogP contribution in [0.4, 0.5) is 5.69 Å². The summed E-state index contributed by atoms with van der Waals surface area (Å²) in [5.74, 6) is -0.361. The molecule has 3 rings (SSSR count). The first-order valence-corrected chi connectivity index (χ1v) is 12.2. The van der Waals surface area contributed by atoms with Crippen molar-refractivity contribution in [3.05, 3.63) is 94.5 Å². The van der Waals surface area contributed by atoms with Crippen molar-refractivity contribution in [3.63, 3.8) is 0 Å². The second kappa shape index (κ2) is 10.7. The molecule has 1 N–H and O–H groups in total. The van der Waals surface area contributed by atoms with Gasteiger partial charge < -0.3 is 5.32 Å². The predicted octanol–water partition coefficient (Wildman–Crippen LogP) is 4.90. The standard InChI is InChI=1S/C25H27ClN2O3S/c1-19-8-14-24(15-9-19)32(30,31)28(23-12-10-22(26)11-13-23)18-25(29)27-16-4-7-21-6-3-5-20(2)17-21/h3,5-6,8-15,17H,4,7,16,18H2,1-2H3,(H,27,29). The molecule has 0 aliphatic carbocycles. The highest BCUT2D eigenvalue weighted by molar-refractivity contribution is 7.92. The lowest BCUT2D eigenvalue weighted by atomic mass is 10.1. The first-order chi connectivity index (χ1) is 15.3. The van der Waals surface area contributed by atoms with Crippen LogP contribution < -0.4 is 9.62 Å². The maximum absolute atomic E-state index is 13.3. The Morgan fingerprint density at radius 1 is 0.938 bits per heavy atom. The number of hydrogen-bond donors (Lipinski definition) is 1.